The van der Waals surface area contributed by atoms with Crippen LogP contribution in [0.1, 0.15) is 56.8 Å². The number of allylic oxidation sites excluding steroid dienone is 1. The van der Waals surface area contributed by atoms with E-state index in [-0.39, 0.29) is 29.6 Å². The smallest absolute Gasteiger partial charge is 0.338 e. The van der Waals surface area contributed by atoms with Gasteiger partial charge in [0.15, 0.2) is 0 Å². The lowest BCUT2D eigenvalue weighted by Gasteiger charge is -2.43. The average Bonchev–Trinajstić information content (AvgIpc) is 2.82. The molecule has 3 rings (SSSR count). The van der Waals surface area contributed by atoms with Crippen LogP contribution in [0.25, 0.3) is 0 Å². The highest BCUT2D eigenvalue weighted by Gasteiger charge is 2.59. The predicted octanol–water partition coefficient (Wildman–Crippen LogP) is 3.43. The summed E-state index contributed by atoms with van der Waals surface area (Å²) in [6.45, 7) is 6.10. The normalized spacial score (nSPS) is 33.3. The Morgan fingerprint density at radius 3 is 2.52 bits per heavy atom. The van der Waals surface area contributed by atoms with Gasteiger partial charge in [-0.15, -0.1) is 0 Å². The third kappa shape index (κ3) is 3.63. The minimum absolute atomic E-state index is 0.0369. The molecule has 0 heterocycles. The molecule has 1 aromatic carbocycles. The van der Waals surface area contributed by atoms with Crippen LogP contribution in [0.4, 0.5) is 0 Å². The summed E-state index contributed by atoms with van der Waals surface area (Å²) in [5.41, 5.74) is 0.114. The van der Waals surface area contributed by atoms with Crippen molar-refractivity contribution >= 4 is 5.97 Å². The number of esters is 1. The van der Waals surface area contributed by atoms with Crippen molar-refractivity contribution in [2.24, 2.45) is 17.3 Å². The molecule has 0 saturated heterocycles. The van der Waals surface area contributed by atoms with E-state index in [4.69, 9.17) is 4.74 Å². The first-order valence-corrected chi connectivity index (χ1v) is 9.71. The number of hydrogen-bond donors (Lipinski definition) is 3. The van der Waals surface area contributed by atoms with Gasteiger partial charge >= 0.3 is 5.97 Å². The van der Waals surface area contributed by atoms with Gasteiger partial charge in [0.2, 0.25) is 0 Å². The van der Waals surface area contributed by atoms with E-state index in [2.05, 4.69) is 6.92 Å². The van der Waals surface area contributed by atoms with Crippen LogP contribution in [0.5, 0.6) is 5.75 Å². The molecule has 0 aromatic heterocycles. The summed E-state index contributed by atoms with van der Waals surface area (Å²) in [5.74, 6) is -0.551. The first-order valence-electron chi connectivity index (χ1n) is 9.71. The van der Waals surface area contributed by atoms with Crippen molar-refractivity contribution in [3.8, 4) is 5.75 Å². The average molecular weight is 374 g/mol. The molecular formula is C22H30O5. The van der Waals surface area contributed by atoms with Gasteiger partial charge in [0.1, 0.15) is 11.9 Å². The quantitative estimate of drug-likeness (QED) is 0.555. The molecule has 2 aliphatic rings. The molecule has 0 bridgehead atoms. The fourth-order valence-corrected chi connectivity index (χ4v) is 4.93. The number of aromatic hydroxyl groups is 1. The Morgan fingerprint density at radius 1 is 1.26 bits per heavy atom. The van der Waals surface area contributed by atoms with E-state index < -0.39 is 17.7 Å². The summed E-state index contributed by atoms with van der Waals surface area (Å²) in [6.07, 6.45) is 4.27. The molecule has 148 valence electrons. The van der Waals surface area contributed by atoms with Gasteiger partial charge in [-0.05, 0) is 60.4 Å². The first-order chi connectivity index (χ1) is 12.7. The summed E-state index contributed by atoms with van der Waals surface area (Å²) >= 11 is 0. The van der Waals surface area contributed by atoms with E-state index in [1.807, 2.05) is 19.9 Å². The molecule has 5 nitrogen and oxygen atoms in total. The number of ether oxygens (including phenoxy) is 1. The third-order valence-corrected chi connectivity index (χ3v) is 6.64. The number of fused-ring (bicyclic) bond motifs is 1. The summed E-state index contributed by atoms with van der Waals surface area (Å²) in [6, 6.07) is 5.96. The molecule has 1 saturated carbocycles. The molecule has 0 spiro atoms. The fraction of sp³-hybridized carbons (Fsp3) is 0.591. The zero-order valence-corrected chi connectivity index (χ0v) is 16.3. The van der Waals surface area contributed by atoms with Crippen molar-refractivity contribution in [2.45, 2.75) is 58.2 Å². The minimum atomic E-state index is -0.909. The highest BCUT2D eigenvalue weighted by Crippen LogP contribution is 2.58. The van der Waals surface area contributed by atoms with Crippen molar-refractivity contribution in [1.29, 1.82) is 0 Å². The van der Waals surface area contributed by atoms with Crippen LogP contribution in [-0.4, -0.2) is 39.6 Å². The van der Waals surface area contributed by atoms with E-state index in [1.165, 1.54) is 24.3 Å². The van der Waals surface area contributed by atoms with E-state index in [1.54, 1.807) is 0 Å². The largest absolute Gasteiger partial charge is 0.508 e. The van der Waals surface area contributed by atoms with E-state index in [9.17, 15) is 20.1 Å². The molecule has 4 unspecified atom stereocenters. The van der Waals surface area contributed by atoms with Crippen molar-refractivity contribution in [1.82, 2.24) is 0 Å². The van der Waals surface area contributed by atoms with Crippen LogP contribution in [0.2, 0.25) is 0 Å². The summed E-state index contributed by atoms with van der Waals surface area (Å²) in [7, 11) is 0. The van der Waals surface area contributed by atoms with Gasteiger partial charge in [0, 0.05) is 12.3 Å². The maximum atomic E-state index is 12.7. The van der Waals surface area contributed by atoms with Crippen LogP contribution in [0, 0.1) is 17.3 Å². The SMILES string of the molecule is CC(C)C1(O)CCC2(C)CC=C(CO)CC(OC(=O)c3ccc(O)cc3)C21. The topological polar surface area (TPSA) is 87.0 Å². The monoisotopic (exact) mass is 374 g/mol. The van der Waals surface area contributed by atoms with Crippen LogP contribution in [-0.2, 0) is 4.74 Å². The van der Waals surface area contributed by atoms with Crippen molar-refractivity contribution in [2.75, 3.05) is 6.61 Å². The van der Waals surface area contributed by atoms with Crippen molar-refractivity contribution in [3.63, 3.8) is 0 Å². The highest BCUT2D eigenvalue weighted by atomic mass is 16.5. The Kier molecular flexibility index (Phi) is 5.37. The van der Waals surface area contributed by atoms with Gasteiger partial charge in [-0.1, -0.05) is 26.8 Å². The number of phenols is 1. The Morgan fingerprint density at radius 2 is 1.93 bits per heavy atom. The van der Waals surface area contributed by atoms with Gasteiger partial charge in [-0.25, -0.2) is 4.79 Å². The van der Waals surface area contributed by atoms with Crippen LogP contribution >= 0.6 is 0 Å². The maximum absolute atomic E-state index is 12.7. The highest BCUT2D eigenvalue weighted by molar-refractivity contribution is 5.89. The molecular weight excluding hydrogens is 344 g/mol. The summed E-state index contributed by atoms with van der Waals surface area (Å²) in [5, 5.41) is 30.6. The molecule has 3 N–H and O–H groups in total. The lowest BCUT2D eigenvalue weighted by atomic mass is 9.67. The predicted molar refractivity (Wildman–Crippen MR) is 102 cm³/mol. The number of benzene rings is 1. The molecule has 0 radical (unpaired) electrons. The molecule has 1 fully saturated rings. The number of phenolic OH excluding ortho intramolecular Hbond substituents is 1. The number of aliphatic hydroxyl groups is 2. The van der Waals surface area contributed by atoms with Crippen LogP contribution in [0.3, 0.4) is 0 Å². The fourth-order valence-electron chi connectivity index (χ4n) is 4.93. The summed E-state index contributed by atoms with van der Waals surface area (Å²) in [4.78, 5) is 12.7. The molecule has 4 atom stereocenters. The lowest BCUT2D eigenvalue weighted by molar-refractivity contribution is -0.112. The Balaban J connectivity index is 1.94. The van der Waals surface area contributed by atoms with E-state index >= 15 is 0 Å². The van der Waals surface area contributed by atoms with Crippen LogP contribution < -0.4 is 0 Å². The summed E-state index contributed by atoms with van der Waals surface area (Å²) < 4.78 is 5.92. The molecule has 2 aliphatic carbocycles. The van der Waals surface area contributed by atoms with Gasteiger partial charge in [-0.2, -0.15) is 0 Å². The molecule has 5 heteroatoms. The number of carbonyl (C=O) groups excluding carboxylic acids is 1. The first kappa shape index (κ1) is 19.9. The van der Waals surface area contributed by atoms with E-state index in [0.717, 1.165) is 18.4 Å². The minimum Gasteiger partial charge on any atom is -0.508 e. The van der Waals surface area contributed by atoms with Gasteiger partial charge in [0.05, 0.1) is 17.8 Å². The Bertz CT molecular complexity index is 723. The number of carbonyl (C=O) groups is 1. The van der Waals surface area contributed by atoms with Gasteiger partial charge in [0.25, 0.3) is 0 Å². The van der Waals surface area contributed by atoms with E-state index in [0.29, 0.717) is 18.4 Å². The van der Waals surface area contributed by atoms with Crippen molar-refractivity contribution < 1.29 is 24.9 Å². The Hall–Kier alpha value is -1.85. The zero-order chi connectivity index (χ0) is 19.8. The standard InChI is InChI=1S/C22H30O5/c1-14(2)22(26)11-10-21(3)9-8-15(13-23)12-18(19(21)22)27-20(25)16-4-6-17(24)7-5-16/h4-8,14,18-19,23-24,26H,9-13H2,1-3H3. The Labute approximate surface area is 160 Å². The second-order valence-electron chi connectivity index (χ2n) is 8.70. The molecule has 27 heavy (non-hydrogen) atoms. The number of hydrogen-bond acceptors (Lipinski definition) is 5. The van der Waals surface area contributed by atoms with Gasteiger partial charge < -0.3 is 20.1 Å². The lowest BCUT2D eigenvalue weighted by Crippen LogP contribution is -2.50. The third-order valence-electron chi connectivity index (χ3n) is 6.64. The van der Waals surface area contributed by atoms with Crippen molar-refractivity contribution in [3.05, 3.63) is 41.5 Å². The molecule has 1 aromatic rings. The number of aliphatic hydroxyl groups excluding tert-OH is 1. The second kappa shape index (κ2) is 7.28. The second-order valence-corrected chi connectivity index (χ2v) is 8.70. The maximum Gasteiger partial charge on any atom is 0.338 e. The number of rotatable bonds is 4. The molecule has 0 amide bonds. The zero-order valence-electron chi connectivity index (χ0n) is 16.3. The molecule has 0 aliphatic heterocycles. The van der Waals surface area contributed by atoms with Gasteiger partial charge in [-0.3, -0.25) is 0 Å². The van der Waals surface area contributed by atoms with Crippen LogP contribution in [0.15, 0.2) is 35.9 Å².